The number of piperidine rings is 2. The van der Waals surface area contributed by atoms with E-state index in [9.17, 15) is 9.59 Å². The van der Waals surface area contributed by atoms with Crippen molar-refractivity contribution in [2.75, 3.05) is 0 Å². The summed E-state index contributed by atoms with van der Waals surface area (Å²) in [7, 11) is 0. The van der Waals surface area contributed by atoms with Crippen molar-refractivity contribution in [1.29, 1.82) is 0 Å². The highest BCUT2D eigenvalue weighted by Gasteiger charge is 2.41. The summed E-state index contributed by atoms with van der Waals surface area (Å²) in [4.78, 5) is 27.8. The SMILES string of the molecule is CC1(C)CC(OC(=O)c2cc3ccccc3cc2-c2ccc3cccc(C(=O)OC4CC(C)(C)NC(C)(C)C4)c3c2)CC(C)(C)N1. The van der Waals surface area contributed by atoms with Gasteiger partial charge in [-0.3, -0.25) is 0 Å². The Balaban J connectivity index is 1.37. The summed E-state index contributed by atoms with van der Waals surface area (Å²) >= 11 is 0. The molecular weight excluding hydrogens is 572 g/mol. The Morgan fingerprint density at radius 1 is 0.565 bits per heavy atom. The zero-order valence-corrected chi connectivity index (χ0v) is 28.5. The first-order chi connectivity index (χ1) is 21.5. The number of nitrogens with one attached hydrogen (secondary N) is 2. The van der Waals surface area contributed by atoms with Gasteiger partial charge in [0.15, 0.2) is 0 Å². The summed E-state index contributed by atoms with van der Waals surface area (Å²) in [5.41, 5.74) is 2.09. The van der Waals surface area contributed by atoms with Crippen LogP contribution in [0.5, 0.6) is 0 Å². The minimum Gasteiger partial charge on any atom is -0.459 e. The van der Waals surface area contributed by atoms with Crippen LogP contribution in [0.4, 0.5) is 0 Å². The van der Waals surface area contributed by atoms with Crippen LogP contribution in [0.2, 0.25) is 0 Å². The largest absolute Gasteiger partial charge is 0.459 e. The number of carbonyl (C=O) groups is 2. The fourth-order valence-corrected chi connectivity index (χ4v) is 8.32. The summed E-state index contributed by atoms with van der Waals surface area (Å²) in [5, 5.41) is 11.1. The van der Waals surface area contributed by atoms with Gasteiger partial charge >= 0.3 is 11.9 Å². The zero-order valence-electron chi connectivity index (χ0n) is 28.5. The molecule has 0 spiro atoms. The molecule has 0 bridgehead atoms. The Bertz CT molecular complexity index is 1790. The minimum atomic E-state index is -0.330. The Kier molecular flexibility index (Phi) is 8.05. The lowest BCUT2D eigenvalue weighted by molar-refractivity contribution is -0.00754. The predicted molar refractivity (Wildman–Crippen MR) is 186 cm³/mol. The van der Waals surface area contributed by atoms with E-state index >= 15 is 0 Å². The summed E-state index contributed by atoms with van der Waals surface area (Å²) in [5.74, 6) is -0.654. The van der Waals surface area contributed by atoms with E-state index in [4.69, 9.17) is 9.47 Å². The standard InChI is InChI=1S/C40H48N2O4/c1-37(2)21-29(22-38(3,4)41-37)45-35(43)31-15-11-14-25-16-17-28(20-32(25)31)33-18-26-12-9-10-13-27(26)19-34(33)36(44)46-30-23-39(5,6)42-40(7,8)24-30/h9-20,29-30,41-42H,21-24H2,1-8H3. The summed E-state index contributed by atoms with van der Waals surface area (Å²) in [6, 6.07) is 23.8. The quantitative estimate of drug-likeness (QED) is 0.218. The highest BCUT2D eigenvalue weighted by Crippen LogP contribution is 2.36. The predicted octanol–water partition coefficient (Wildman–Crippen LogP) is 8.59. The van der Waals surface area contributed by atoms with Crippen LogP contribution in [0, 0.1) is 0 Å². The van der Waals surface area contributed by atoms with Gasteiger partial charge in [-0.05, 0) is 112 Å². The molecule has 0 atom stereocenters. The number of carbonyl (C=O) groups excluding carboxylic acids is 2. The number of esters is 2. The first-order valence-electron chi connectivity index (χ1n) is 16.5. The fraction of sp³-hybridized carbons (Fsp3) is 0.450. The monoisotopic (exact) mass is 620 g/mol. The van der Waals surface area contributed by atoms with Crippen molar-refractivity contribution in [1.82, 2.24) is 10.6 Å². The maximum absolute atomic E-state index is 14.0. The van der Waals surface area contributed by atoms with Gasteiger partial charge in [-0.2, -0.15) is 0 Å². The third-order valence-corrected chi connectivity index (χ3v) is 9.37. The number of benzene rings is 4. The smallest absolute Gasteiger partial charge is 0.339 e. The van der Waals surface area contributed by atoms with Gasteiger partial charge in [-0.1, -0.05) is 48.5 Å². The lowest BCUT2D eigenvalue weighted by Gasteiger charge is -2.46. The van der Waals surface area contributed by atoms with Crippen molar-refractivity contribution in [3.05, 3.63) is 83.9 Å². The molecule has 4 aromatic carbocycles. The van der Waals surface area contributed by atoms with Crippen molar-refractivity contribution in [2.24, 2.45) is 0 Å². The van der Waals surface area contributed by atoms with Crippen LogP contribution >= 0.6 is 0 Å². The van der Waals surface area contributed by atoms with E-state index in [2.05, 4.69) is 78.2 Å². The molecule has 242 valence electrons. The van der Waals surface area contributed by atoms with E-state index in [0.29, 0.717) is 11.1 Å². The molecule has 0 saturated carbocycles. The van der Waals surface area contributed by atoms with E-state index in [0.717, 1.165) is 58.4 Å². The van der Waals surface area contributed by atoms with E-state index in [1.165, 1.54) is 0 Å². The van der Waals surface area contributed by atoms with Crippen molar-refractivity contribution in [3.63, 3.8) is 0 Å². The number of fused-ring (bicyclic) bond motifs is 2. The zero-order chi connectivity index (χ0) is 33.1. The number of ether oxygens (including phenoxy) is 2. The van der Waals surface area contributed by atoms with Crippen LogP contribution in [0.25, 0.3) is 32.7 Å². The average Bonchev–Trinajstić information content (AvgIpc) is 2.92. The third kappa shape index (κ3) is 6.98. The Labute approximate surface area is 273 Å². The van der Waals surface area contributed by atoms with Gasteiger partial charge in [0.25, 0.3) is 0 Å². The van der Waals surface area contributed by atoms with E-state index in [-0.39, 0.29) is 46.3 Å². The first-order valence-corrected chi connectivity index (χ1v) is 16.5. The molecule has 2 aliphatic heterocycles. The molecule has 0 radical (unpaired) electrons. The first kappa shape index (κ1) is 32.2. The molecule has 6 heteroatoms. The lowest BCUT2D eigenvalue weighted by atomic mass is 9.81. The summed E-state index contributed by atoms with van der Waals surface area (Å²) in [6.07, 6.45) is 2.55. The topological polar surface area (TPSA) is 76.7 Å². The van der Waals surface area contributed by atoms with Gasteiger partial charge in [0.05, 0.1) is 11.1 Å². The second kappa shape index (κ2) is 11.5. The molecule has 0 aromatic heterocycles. The molecular formula is C40H48N2O4. The van der Waals surface area contributed by atoms with Gasteiger partial charge in [0, 0.05) is 47.8 Å². The molecule has 0 unspecified atom stereocenters. The van der Waals surface area contributed by atoms with Crippen LogP contribution in [0.3, 0.4) is 0 Å². The van der Waals surface area contributed by atoms with Gasteiger partial charge in [-0.25, -0.2) is 9.59 Å². The molecule has 2 heterocycles. The molecule has 4 aromatic rings. The normalized spacial score (nSPS) is 20.8. The van der Waals surface area contributed by atoms with Crippen LogP contribution in [-0.2, 0) is 9.47 Å². The number of rotatable bonds is 5. The highest BCUT2D eigenvalue weighted by molar-refractivity contribution is 6.08. The molecule has 2 fully saturated rings. The van der Waals surface area contributed by atoms with Crippen LogP contribution in [0.1, 0.15) is 102 Å². The van der Waals surface area contributed by atoms with Crippen molar-refractivity contribution < 1.29 is 19.1 Å². The van der Waals surface area contributed by atoms with E-state index in [1.807, 2.05) is 60.7 Å². The highest BCUT2D eigenvalue weighted by atomic mass is 16.5. The Morgan fingerprint density at radius 2 is 1.04 bits per heavy atom. The maximum Gasteiger partial charge on any atom is 0.339 e. The van der Waals surface area contributed by atoms with Crippen LogP contribution in [0.15, 0.2) is 72.8 Å². The summed E-state index contributed by atoms with van der Waals surface area (Å²) < 4.78 is 12.5. The molecule has 46 heavy (non-hydrogen) atoms. The Hall–Kier alpha value is -3.74. The van der Waals surface area contributed by atoms with Gasteiger partial charge in [0.2, 0.25) is 0 Å². The van der Waals surface area contributed by atoms with Gasteiger partial charge < -0.3 is 20.1 Å². The third-order valence-electron chi connectivity index (χ3n) is 9.37. The lowest BCUT2D eigenvalue weighted by Crippen LogP contribution is -2.59. The molecule has 2 N–H and O–H groups in total. The number of hydrogen-bond donors (Lipinski definition) is 2. The Morgan fingerprint density at radius 3 is 1.59 bits per heavy atom. The molecule has 6 nitrogen and oxygen atoms in total. The number of hydrogen-bond acceptors (Lipinski definition) is 6. The van der Waals surface area contributed by atoms with E-state index < -0.39 is 0 Å². The van der Waals surface area contributed by atoms with Crippen LogP contribution in [-0.4, -0.2) is 46.3 Å². The molecule has 0 amide bonds. The molecule has 0 aliphatic carbocycles. The second-order valence-corrected chi connectivity index (χ2v) is 16.1. The van der Waals surface area contributed by atoms with Crippen molar-refractivity contribution in [2.45, 2.75) is 115 Å². The second-order valence-electron chi connectivity index (χ2n) is 16.1. The van der Waals surface area contributed by atoms with Gasteiger partial charge in [-0.15, -0.1) is 0 Å². The molecule has 2 saturated heterocycles. The van der Waals surface area contributed by atoms with Gasteiger partial charge in [0.1, 0.15) is 12.2 Å². The van der Waals surface area contributed by atoms with Crippen molar-refractivity contribution in [3.8, 4) is 11.1 Å². The molecule has 6 rings (SSSR count). The summed E-state index contributed by atoms with van der Waals surface area (Å²) in [6.45, 7) is 17.2. The maximum atomic E-state index is 14.0. The fourth-order valence-electron chi connectivity index (χ4n) is 8.32. The van der Waals surface area contributed by atoms with Crippen molar-refractivity contribution >= 4 is 33.5 Å². The van der Waals surface area contributed by atoms with E-state index in [1.54, 1.807) is 0 Å². The average molecular weight is 621 g/mol. The van der Waals surface area contributed by atoms with Crippen LogP contribution < -0.4 is 10.6 Å². The molecule has 2 aliphatic rings. The minimum absolute atomic E-state index is 0.140.